The Labute approximate surface area is 183 Å². The maximum atomic E-state index is 12.9. The van der Waals surface area contributed by atoms with E-state index in [-0.39, 0.29) is 6.54 Å². The van der Waals surface area contributed by atoms with Crippen LogP contribution in [0.15, 0.2) is 24.3 Å². The Morgan fingerprint density at radius 1 is 1.16 bits per heavy atom. The summed E-state index contributed by atoms with van der Waals surface area (Å²) in [5.41, 5.74) is 0.655. The summed E-state index contributed by atoms with van der Waals surface area (Å²) in [6.07, 6.45) is 0.380. The molecule has 1 aromatic carbocycles. The van der Waals surface area contributed by atoms with Crippen LogP contribution in [0.2, 0.25) is 0 Å². The highest BCUT2D eigenvalue weighted by atomic mass is 16.6. The van der Waals surface area contributed by atoms with Crippen LogP contribution in [-0.2, 0) is 14.3 Å². The summed E-state index contributed by atoms with van der Waals surface area (Å²) >= 11 is 0. The van der Waals surface area contributed by atoms with Crippen molar-refractivity contribution in [2.45, 2.75) is 46.6 Å². The van der Waals surface area contributed by atoms with Gasteiger partial charge in [0.25, 0.3) is 0 Å². The molecular weight excluding hydrogens is 398 g/mol. The fourth-order valence-electron chi connectivity index (χ4n) is 2.84. The maximum Gasteiger partial charge on any atom is 0.416 e. The first-order chi connectivity index (χ1) is 14.5. The summed E-state index contributed by atoms with van der Waals surface area (Å²) in [4.78, 5) is 30.6. The van der Waals surface area contributed by atoms with E-state index in [1.165, 1.54) is 7.11 Å². The Morgan fingerprint density at radius 2 is 1.87 bits per heavy atom. The molecule has 0 saturated heterocycles. The normalized spacial score (nSPS) is 11.4. The Hall–Kier alpha value is -3.03. The molecule has 1 aromatic heterocycles. The van der Waals surface area contributed by atoms with Crippen LogP contribution in [0.5, 0.6) is 5.75 Å². The lowest BCUT2D eigenvalue weighted by atomic mass is 10.1. The summed E-state index contributed by atoms with van der Waals surface area (Å²) < 4.78 is 15.7. The van der Waals surface area contributed by atoms with Crippen LogP contribution >= 0.6 is 0 Å². The zero-order valence-corrected chi connectivity index (χ0v) is 19.4. The quantitative estimate of drug-likeness (QED) is 0.610. The highest BCUT2D eigenvalue weighted by Crippen LogP contribution is 2.31. The molecule has 0 atom stereocenters. The van der Waals surface area contributed by atoms with Crippen LogP contribution < -0.4 is 15.0 Å². The van der Waals surface area contributed by atoms with E-state index in [9.17, 15) is 9.59 Å². The topological polar surface area (TPSA) is 90.0 Å². The number of aromatic nitrogens is 1. The number of hydrogen-bond donors (Lipinski definition) is 1. The fourth-order valence-corrected chi connectivity index (χ4v) is 2.84. The van der Waals surface area contributed by atoms with E-state index < -0.39 is 17.7 Å². The van der Waals surface area contributed by atoms with Crippen LogP contribution in [-0.4, -0.2) is 50.0 Å². The molecule has 0 unspecified atom stereocenters. The minimum Gasteiger partial charge on any atom is -0.495 e. The van der Waals surface area contributed by atoms with Gasteiger partial charge in [-0.15, -0.1) is 0 Å². The first-order valence-electron chi connectivity index (χ1n) is 10.3. The predicted molar refractivity (Wildman–Crippen MR) is 122 cm³/mol. The number of carbonyl (C=O) groups is 2. The van der Waals surface area contributed by atoms with E-state index in [1.807, 2.05) is 32.9 Å². The molecule has 2 rings (SSSR count). The van der Waals surface area contributed by atoms with Crippen molar-refractivity contribution in [3.63, 3.8) is 0 Å². The number of ether oxygens (including phenoxy) is 3. The molecule has 0 saturated carbocycles. The molecule has 1 N–H and O–H groups in total. The zero-order valence-electron chi connectivity index (χ0n) is 19.4. The average molecular weight is 432 g/mol. The fraction of sp³-hybridized carbons (Fsp3) is 0.522. The molecule has 0 fully saturated rings. The number of fused-ring (bicyclic) bond motifs is 1. The Balaban J connectivity index is 2.42. The maximum absolute atomic E-state index is 12.9. The van der Waals surface area contributed by atoms with Gasteiger partial charge in [-0.2, -0.15) is 0 Å². The van der Waals surface area contributed by atoms with Crippen LogP contribution in [0, 0.1) is 5.92 Å². The number of nitrogens with one attached hydrogen (secondary N) is 1. The molecule has 1 amide bonds. The molecule has 0 bridgehead atoms. The second kappa shape index (κ2) is 10.3. The van der Waals surface area contributed by atoms with Gasteiger partial charge in [-0.05, 0) is 57.4 Å². The summed E-state index contributed by atoms with van der Waals surface area (Å²) in [5, 5.41) is 3.85. The molecule has 0 radical (unpaired) electrons. The lowest BCUT2D eigenvalue weighted by molar-refractivity contribution is -0.138. The monoisotopic (exact) mass is 431 g/mol. The molecule has 0 aliphatic heterocycles. The van der Waals surface area contributed by atoms with Crippen molar-refractivity contribution in [1.29, 1.82) is 0 Å². The van der Waals surface area contributed by atoms with Crippen LogP contribution in [0.25, 0.3) is 10.9 Å². The van der Waals surface area contributed by atoms with Crippen LogP contribution in [0.3, 0.4) is 0 Å². The van der Waals surface area contributed by atoms with Gasteiger partial charge < -0.3 is 19.5 Å². The summed E-state index contributed by atoms with van der Waals surface area (Å²) in [7, 11) is 2.89. The number of hydrogen-bond acceptors (Lipinski definition) is 7. The van der Waals surface area contributed by atoms with Gasteiger partial charge in [0, 0.05) is 11.9 Å². The third-order valence-electron chi connectivity index (χ3n) is 4.47. The second-order valence-corrected chi connectivity index (χ2v) is 8.66. The summed E-state index contributed by atoms with van der Waals surface area (Å²) in [6.45, 7) is 10.2. The minimum absolute atomic E-state index is 0.00349. The van der Waals surface area contributed by atoms with Gasteiger partial charge in [0.15, 0.2) is 0 Å². The molecule has 0 spiro atoms. The summed E-state index contributed by atoms with van der Waals surface area (Å²) in [5.74, 6) is 1.11. The Bertz CT molecular complexity index is 921. The number of esters is 1. The predicted octanol–water partition coefficient (Wildman–Crippen LogP) is 4.62. The van der Waals surface area contributed by atoms with Gasteiger partial charge in [-0.1, -0.05) is 13.8 Å². The third kappa shape index (κ3) is 7.01. The van der Waals surface area contributed by atoms with Gasteiger partial charge in [-0.25, -0.2) is 9.78 Å². The van der Waals surface area contributed by atoms with E-state index in [1.54, 1.807) is 24.1 Å². The van der Waals surface area contributed by atoms with Crippen LogP contribution in [0.4, 0.5) is 16.3 Å². The first-order valence-corrected chi connectivity index (χ1v) is 10.3. The van der Waals surface area contributed by atoms with Crippen molar-refractivity contribution in [3.8, 4) is 5.75 Å². The largest absolute Gasteiger partial charge is 0.495 e. The first kappa shape index (κ1) is 24.2. The highest BCUT2D eigenvalue weighted by molar-refractivity contribution is 5.91. The SMILES string of the molecule is COC(=O)CNc1cc2nc(N(CCC(C)C)C(=O)OC(C)(C)C)ccc2cc1OC. The number of rotatable bonds is 8. The number of pyridine rings is 1. The van der Waals surface area contributed by atoms with Crippen molar-refractivity contribution >= 4 is 34.5 Å². The lowest BCUT2D eigenvalue weighted by Gasteiger charge is -2.27. The lowest BCUT2D eigenvalue weighted by Crippen LogP contribution is -2.38. The van der Waals surface area contributed by atoms with E-state index in [4.69, 9.17) is 14.5 Å². The number of carbonyl (C=O) groups excluding carboxylic acids is 2. The highest BCUT2D eigenvalue weighted by Gasteiger charge is 2.24. The Kier molecular flexibility index (Phi) is 8.08. The smallest absolute Gasteiger partial charge is 0.416 e. The molecule has 170 valence electrons. The van der Waals surface area contributed by atoms with Gasteiger partial charge in [0.1, 0.15) is 23.7 Å². The van der Waals surface area contributed by atoms with E-state index in [0.717, 1.165) is 11.8 Å². The van der Waals surface area contributed by atoms with Crippen molar-refractivity contribution < 1.29 is 23.8 Å². The molecule has 0 aliphatic rings. The second-order valence-electron chi connectivity index (χ2n) is 8.66. The molecule has 8 heteroatoms. The number of anilines is 2. The molecule has 0 aliphatic carbocycles. The number of methoxy groups -OCH3 is 2. The molecule has 2 aromatic rings. The molecule has 1 heterocycles. The van der Waals surface area contributed by atoms with Gasteiger partial charge in [0.05, 0.1) is 25.4 Å². The van der Waals surface area contributed by atoms with E-state index >= 15 is 0 Å². The van der Waals surface area contributed by atoms with Crippen molar-refractivity contribution in [2.24, 2.45) is 5.92 Å². The number of amides is 1. The number of benzene rings is 1. The van der Waals surface area contributed by atoms with Gasteiger partial charge in [0.2, 0.25) is 0 Å². The van der Waals surface area contributed by atoms with E-state index in [0.29, 0.717) is 35.2 Å². The van der Waals surface area contributed by atoms with Crippen LogP contribution in [0.1, 0.15) is 41.0 Å². The van der Waals surface area contributed by atoms with Gasteiger partial charge in [-0.3, -0.25) is 9.69 Å². The van der Waals surface area contributed by atoms with Gasteiger partial charge >= 0.3 is 12.1 Å². The molecule has 8 nitrogen and oxygen atoms in total. The minimum atomic E-state index is -0.609. The standard InChI is InChI=1S/C23H33N3O5/c1-15(2)10-11-26(22(28)31-23(3,4)5)20-9-8-16-12-19(29-6)18(13-17(16)25-20)24-14-21(27)30-7/h8-9,12-13,15,24H,10-11,14H2,1-7H3. The zero-order chi connectivity index (χ0) is 23.2. The molecule has 31 heavy (non-hydrogen) atoms. The Morgan fingerprint density at radius 3 is 2.45 bits per heavy atom. The number of nitrogens with zero attached hydrogens (tertiary/aromatic N) is 2. The summed E-state index contributed by atoms with van der Waals surface area (Å²) in [6, 6.07) is 7.30. The third-order valence-corrected chi connectivity index (χ3v) is 4.47. The van der Waals surface area contributed by atoms with Crippen molar-refractivity contribution in [3.05, 3.63) is 24.3 Å². The van der Waals surface area contributed by atoms with E-state index in [2.05, 4.69) is 23.9 Å². The average Bonchev–Trinajstić information content (AvgIpc) is 2.69. The molecular formula is C23H33N3O5. The van der Waals surface area contributed by atoms with Crippen molar-refractivity contribution in [2.75, 3.05) is 37.5 Å². The van der Waals surface area contributed by atoms with Crippen molar-refractivity contribution in [1.82, 2.24) is 4.98 Å².